The van der Waals surface area contributed by atoms with Gasteiger partial charge in [-0.05, 0) is 48.8 Å². The Hall–Kier alpha value is -1.02. The first-order valence-corrected chi connectivity index (χ1v) is 6.96. The topological polar surface area (TPSA) is 26.3 Å². The first-order valence-electron chi connectivity index (χ1n) is 6.58. The summed E-state index contributed by atoms with van der Waals surface area (Å²) in [6, 6.07) is 2.19. The van der Waals surface area contributed by atoms with Crippen LogP contribution in [0.3, 0.4) is 0 Å². The van der Waals surface area contributed by atoms with Gasteiger partial charge in [-0.25, -0.2) is 0 Å². The molecule has 1 aliphatic carbocycles. The third-order valence-electron chi connectivity index (χ3n) is 3.60. The molecule has 0 saturated carbocycles. The van der Waals surface area contributed by atoms with Gasteiger partial charge in [-0.15, -0.1) is 0 Å². The largest absolute Gasteiger partial charge is 0.495 e. The first-order chi connectivity index (χ1) is 8.77. The minimum atomic E-state index is 0.519. The van der Waals surface area contributed by atoms with Crippen molar-refractivity contribution in [3.05, 3.63) is 27.8 Å². The Balaban J connectivity index is 2.44. The monoisotopic (exact) mass is 266 g/mol. The summed E-state index contributed by atoms with van der Waals surface area (Å²) in [5.41, 5.74) is 3.66. The molecule has 1 aromatic rings. The molecular formula is C15H19ClO2. The Morgan fingerprint density at radius 1 is 1.33 bits per heavy atom. The van der Waals surface area contributed by atoms with Crippen molar-refractivity contribution >= 4 is 17.9 Å². The number of aryl methyl sites for hydroxylation is 2. The SMILES string of the molecule is COc1c(CCC=O)cc2c(c1Cl)CCCCC2. The third-order valence-corrected chi connectivity index (χ3v) is 4.00. The predicted molar refractivity (Wildman–Crippen MR) is 73.6 cm³/mol. The van der Waals surface area contributed by atoms with Crippen molar-refractivity contribution in [1.82, 2.24) is 0 Å². The second kappa shape index (κ2) is 6.24. The fraction of sp³-hybridized carbons (Fsp3) is 0.533. The van der Waals surface area contributed by atoms with Crippen LogP contribution in [0.4, 0.5) is 0 Å². The molecular weight excluding hydrogens is 248 g/mol. The lowest BCUT2D eigenvalue weighted by Gasteiger charge is -2.16. The summed E-state index contributed by atoms with van der Waals surface area (Å²) in [7, 11) is 1.65. The molecule has 2 rings (SSSR count). The van der Waals surface area contributed by atoms with Crippen LogP contribution in [-0.4, -0.2) is 13.4 Å². The highest BCUT2D eigenvalue weighted by molar-refractivity contribution is 6.33. The molecule has 0 amide bonds. The number of benzene rings is 1. The fourth-order valence-electron chi connectivity index (χ4n) is 2.69. The molecule has 0 unspecified atom stereocenters. The molecule has 3 heteroatoms. The van der Waals surface area contributed by atoms with E-state index in [1.807, 2.05) is 0 Å². The summed E-state index contributed by atoms with van der Waals surface area (Å²) < 4.78 is 5.43. The average molecular weight is 267 g/mol. The minimum Gasteiger partial charge on any atom is -0.495 e. The van der Waals surface area contributed by atoms with E-state index in [1.165, 1.54) is 30.4 Å². The van der Waals surface area contributed by atoms with Crippen molar-refractivity contribution in [3.63, 3.8) is 0 Å². The first kappa shape index (κ1) is 13.4. The van der Waals surface area contributed by atoms with E-state index in [9.17, 15) is 4.79 Å². The Morgan fingerprint density at radius 3 is 2.83 bits per heavy atom. The highest BCUT2D eigenvalue weighted by atomic mass is 35.5. The number of fused-ring (bicyclic) bond motifs is 1. The smallest absolute Gasteiger partial charge is 0.140 e. The van der Waals surface area contributed by atoms with Crippen LogP contribution in [0.5, 0.6) is 5.75 Å². The number of carbonyl (C=O) groups excluding carboxylic acids is 1. The summed E-state index contributed by atoms with van der Waals surface area (Å²) in [5.74, 6) is 0.763. The van der Waals surface area contributed by atoms with Crippen molar-refractivity contribution in [1.29, 1.82) is 0 Å². The molecule has 0 N–H and O–H groups in total. The quantitative estimate of drug-likeness (QED) is 0.613. The number of rotatable bonds is 4. The highest BCUT2D eigenvalue weighted by Crippen LogP contribution is 2.38. The zero-order valence-corrected chi connectivity index (χ0v) is 11.6. The van der Waals surface area contributed by atoms with E-state index in [1.54, 1.807) is 7.11 Å². The lowest BCUT2D eigenvalue weighted by Crippen LogP contribution is -2.01. The van der Waals surface area contributed by atoms with E-state index in [-0.39, 0.29) is 0 Å². The minimum absolute atomic E-state index is 0.519. The van der Waals surface area contributed by atoms with E-state index >= 15 is 0 Å². The molecule has 1 aliphatic rings. The second-order valence-corrected chi connectivity index (χ2v) is 5.16. The molecule has 0 radical (unpaired) electrons. The Kier molecular flexibility index (Phi) is 4.65. The van der Waals surface area contributed by atoms with Crippen molar-refractivity contribution in [2.45, 2.75) is 44.9 Å². The Morgan fingerprint density at radius 2 is 2.11 bits per heavy atom. The highest BCUT2D eigenvalue weighted by Gasteiger charge is 2.18. The predicted octanol–water partition coefficient (Wildman–Crippen LogP) is 3.75. The maximum atomic E-state index is 10.5. The van der Waals surface area contributed by atoms with Gasteiger partial charge in [0.25, 0.3) is 0 Å². The number of carbonyl (C=O) groups is 1. The van der Waals surface area contributed by atoms with Gasteiger partial charge in [0.1, 0.15) is 12.0 Å². The molecule has 0 fully saturated rings. The number of methoxy groups -OCH3 is 1. The standard InChI is InChI=1S/C15H19ClO2/c1-18-15-12(7-5-9-17)10-11-6-3-2-4-8-13(11)14(15)16/h9-10H,2-8H2,1H3. The van der Waals surface area contributed by atoms with Crippen LogP contribution in [0.2, 0.25) is 5.02 Å². The van der Waals surface area contributed by atoms with Crippen LogP contribution in [-0.2, 0) is 24.1 Å². The van der Waals surface area contributed by atoms with E-state index in [0.717, 1.165) is 35.5 Å². The van der Waals surface area contributed by atoms with Crippen molar-refractivity contribution in [2.24, 2.45) is 0 Å². The normalized spacial score (nSPS) is 14.8. The Labute approximate surface area is 113 Å². The molecule has 0 aliphatic heterocycles. The summed E-state index contributed by atoms with van der Waals surface area (Å²) in [6.07, 6.45) is 7.99. The summed E-state index contributed by atoms with van der Waals surface area (Å²) in [5, 5.41) is 0.762. The summed E-state index contributed by atoms with van der Waals surface area (Å²) in [4.78, 5) is 10.5. The van der Waals surface area contributed by atoms with Crippen LogP contribution in [0, 0.1) is 0 Å². The van der Waals surface area contributed by atoms with Crippen LogP contribution >= 0.6 is 11.6 Å². The number of aldehydes is 1. The van der Waals surface area contributed by atoms with Crippen molar-refractivity contribution in [3.8, 4) is 5.75 Å². The summed E-state index contributed by atoms with van der Waals surface area (Å²) >= 11 is 6.47. The van der Waals surface area contributed by atoms with Gasteiger partial charge in [0.2, 0.25) is 0 Å². The second-order valence-electron chi connectivity index (χ2n) is 4.79. The third kappa shape index (κ3) is 2.69. The van der Waals surface area contributed by atoms with Gasteiger partial charge in [-0.3, -0.25) is 0 Å². The zero-order valence-electron chi connectivity index (χ0n) is 10.8. The van der Waals surface area contributed by atoms with Crippen LogP contribution in [0.25, 0.3) is 0 Å². The molecule has 0 saturated heterocycles. The molecule has 0 bridgehead atoms. The molecule has 0 aromatic heterocycles. The van der Waals surface area contributed by atoms with Gasteiger partial charge < -0.3 is 9.53 Å². The van der Waals surface area contributed by atoms with Gasteiger partial charge in [0, 0.05) is 6.42 Å². The van der Waals surface area contributed by atoms with Crippen LogP contribution < -0.4 is 4.74 Å². The van der Waals surface area contributed by atoms with Crippen LogP contribution in [0.15, 0.2) is 6.07 Å². The molecule has 18 heavy (non-hydrogen) atoms. The number of hydrogen-bond acceptors (Lipinski definition) is 2. The maximum Gasteiger partial charge on any atom is 0.140 e. The lowest BCUT2D eigenvalue weighted by molar-refractivity contribution is -0.107. The average Bonchev–Trinajstić information content (AvgIpc) is 2.62. The van der Waals surface area contributed by atoms with Crippen LogP contribution in [0.1, 0.15) is 42.4 Å². The number of hydrogen-bond donors (Lipinski definition) is 0. The van der Waals surface area contributed by atoms with Gasteiger partial charge in [-0.2, -0.15) is 0 Å². The van der Waals surface area contributed by atoms with Crippen molar-refractivity contribution in [2.75, 3.05) is 7.11 Å². The summed E-state index contributed by atoms with van der Waals surface area (Å²) in [6.45, 7) is 0. The maximum absolute atomic E-state index is 10.5. The molecule has 0 heterocycles. The van der Waals surface area contributed by atoms with Crippen molar-refractivity contribution < 1.29 is 9.53 Å². The van der Waals surface area contributed by atoms with Gasteiger partial charge in [0.05, 0.1) is 12.1 Å². The van der Waals surface area contributed by atoms with Gasteiger partial charge in [-0.1, -0.05) is 24.1 Å². The fourth-order valence-corrected chi connectivity index (χ4v) is 3.10. The lowest BCUT2D eigenvalue weighted by atomic mass is 9.97. The molecule has 0 spiro atoms. The van der Waals surface area contributed by atoms with E-state index in [2.05, 4.69) is 6.07 Å². The molecule has 2 nitrogen and oxygen atoms in total. The molecule has 1 aromatic carbocycles. The zero-order chi connectivity index (χ0) is 13.0. The number of halogens is 1. The van der Waals surface area contributed by atoms with Gasteiger partial charge >= 0.3 is 0 Å². The van der Waals surface area contributed by atoms with E-state index in [0.29, 0.717) is 12.8 Å². The van der Waals surface area contributed by atoms with E-state index < -0.39 is 0 Å². The molecule has 0 atom stereocenters. The Bertz CT molecular complexity index is 441. The van der Waals surface area contributed by atoms with Gasteiger partial charge in [0.15, 0.2) is 0 Å². The van der Waals surface area contributed by atoms with E-state index in [4.69, 9.17) is 16.3 Å². The molecule has 98 valence electrons. The number of ether oxygens (including phenoxy) is 1.